The molecule has 0 radical (unpaired) electrons. The Balaban J connectivity index is 2.03. The van der Waals surface area contributed by atoms with E-state index < -0.39 is 0 Å². The average Bonchev–Trinajstić information content (AvgIpc) is 2.59. The highest BCUT2D eigenvalue weighted by Gasteiger charge is 2.28. The Morgan fingerprint density at radius 3 is 2.53 bits per heavy atom. The molecule has 0 spiro atoms. The number of likely N-dealkylation sites (tertiary alicyclic amines) is 1. The number of carbonyl (C=O) groups excluding carboxylic acids is 1. The molecule has 1 saturated heterocycles. The van der Waals surface area contributed by atoms with Gasteiger partial charge < -0.3 is 0 Å². The van der Waals surface area contributed by atoms with Crippen LogP contribution in [0.5, 0.6) is 0 Å². The average molecular weight is 259 g/mol. The van der Waals surface area contributed by atoms with Crippen LogP contribution < -0.4 is 0 Å². The van der Waals surface area contributed by atoms with E-state index in [1.54, 1.807) is 0 Å². The molecule has 0 N–H and O–H groups in total. The van der Waals surface area contributed by atoms with Gasteiger partial charge in [0.05, 0.1) is 6.04 Å². The van der Waals surface area contributed by atoms with Crippen molar-refractivity contribution in [2.75, 3.05) is 13.1 Å². The van der Waals surface area contributed by atoms with Gasteiger partial charge in [0.25, 0.3) is 0 Å². The zero-order valence-electron chi connectivity index (χ0n) is 12.4. The molecule has 0 aliphatic carbocycles. The van der Waals surface area contributed by atoms with Crippen molar-refractivity contribution in [3.05, 3.63) is 35.9 Å². The smallest absolute Gasteiger partial charge is 0.179 e. The molecule has 0 bridgehead atoms. The van der Waals surface area contributed by atoms with Crippen molar-refractivity contribution in [1.82, 2.24) is 4.90 Å². The molecule has 1 aromatic rings. The van der Waals surface area contributed by atoms with Crippen LogP contribution in [0, 0.1) is 5.41 Å². The SMILES string of the molecule is CC(C(=O)c1ccccc1)N1CCCC(C)(C)CC1. The molecule has 0 amide bonds. The molecule has 104 valence electrons. The Morgan fingerprint density at radius 1 is 1.16 bits per heavy atom. The predicted octanol–water partition coefficient (Wildman–Crippen LogP) is 3.77. The van der Waals surface area contributed by atoms with Crippen LogP contribution in [0.15, 0.2) is 30.3 Å². The Kier molecular flexibility index (Phi) is 4.41. The van der Waals surface area contributed by atoms with Crippen LogP contribution in [-0.4, -0.2) is 29.8 Å². The second-order valence-corrected chi connectivity index (χ2v) is 6.46. The summed E-state index contributed by atoms with van der Waals surface area (Å²) in [5, 5.41) is 0. The highest BCUT2D eigenvalue weighted by atomic mass is 16.1. The third kappa shape index (κ3) is 3.66. The van der Waals surface area contributed by atoms with Gasteiger partial charge in [-0.25, -0.2) is 0 Å². The lowest BCUT2D eigenvalue weighted by atomic mass is 9.85. The number of ketones is 1. The Bertz CT molecular complexity index is 424. The molecule has 1 fully saturated rings. The van der Waals surface area contributed by atoms with Crippen LogP contribution in [0.2, 0.25) is 0 Å². The maximum atomic E-state index is 12.5. The Hall–Kier alpha value is -1.15. The number of Topliss-reactive ketones (excluding diaryl/α,β-unsaturated/α-hetero) is 1. The van der Waals surface area contributed by atoms with Gasteiger partial charge in [0.15, 0.2) is 5.78 Å². The number of nitrogens with zero attached hydrogens (tertiary/aromatic N) is 1. The maximum Gasteiger partial charge on any atom is 0.179 e. The van der Waals surface area contributed by atoms with Crippen LogP contribution in [0.1, 0.15) is 50.4 Å². The third-order valence-corrected chi connectivity index (χ3v) is 4.36. The van der Waals surface area contributed by atoms with Crippen LogP contribution in [0.3, 0.4) is 0 Å². The molecule has 1 aliphatic rings. The number of benzene rings is 1. The first-order chi connectivity index (χ1) is 8.99. The molecule has 1 aliphatic heterocycles. The van der Waals surface area contributed by atoms with Crippen LogP contribution in [-0.2, 0) is 0 Å². The largest absolute Gasteiger partial charge is 0.293 e. The van der Waals surface area contributed by atoms with Crippen molar-refractivity contribution in [3.8, 4) is 0 Å². The molecule has 1 unspecified atom stereocenters. The zero-order valence-corrected chi connectivity index (χ0v) is 12.4. The standard InChI is InChI=1S/C17H25NO/c1-14(16(19)15-8-5-4-6-9-15)18-12-7-10-17(2,3)11-13-18/h4-6,8-9,14H,7,10-13H2,1-3H3. The lowest BCUT2D eigenvalue weighted by Crippen LogP contribution is -2.39. The third-order valence-electron chi connectivity index (χ3n) is 4.36. The maximum absolute atomic E-state index is 12.5. The van der Waals surface area contributed by atoms with Crippen molar-refractivity contribution in [2.45, 2.75) is 46.1 Å². The summed E-state index contributed by atoms with van der Waals surface area (Å²) in [6.07, 6.45) is 3.63. The van der Waals surface area contributed by atoms with Crippen molar-refractivity contribution in [2.24, 2.45) is 5.41 Å². The molecule has 2 rings (SSSR count). The Labute approximate surface area is 116 Å². The second-order valence-electron chi connectivity index (χ2n) is 6.46. The number of hydrogen-bond acceptors (Lipinski definition) is 2. The van der Waals surface area contributed by atoms with Crippen LogP contribution in [0.4, 0.5) is 0 Å². The lowest BCUT2D eigenvalue weighted by molar-refractivity contribution is 0.0838. The minimum atomic E-state index is -0.00343. The predicted molar refractivity (Wildman–Crippen MR) is 79.4 cm³/mol. The lowest BCUT2D eigenvalue weighted by Gasteiger charge is -2.27. The normalized spacial score (nSPS) is 21.6. The van der Waals surface area contributed by atoms with Crippen molar-refractivity contribution < 1.29 is 4.79 Å². The van der Waals surface area contributed by atoms with Gasteiger partial charge in [0, 0.05) is 5.56 Å². The van der Waals surface area contributed by atoms with Crippen LogP contribution in [0.25, 0.3) is 0 Å². The van der Waals surface area contributed by atoms with E-state index in [0.717, 1.165) is 18.7 Å². The van der Waals surface area contributed by atoms with E-state index in [9.17, 15) is 4.79 Å². The molecule has 1 aromatic carbocycles. The zero-order chi connectivity index (χ0) is 13.9. The topological polar surface area (TPSA) is 20.3 Å². The van der Waals surface area contributed by atoms with Crippen molar-refractivity contribution in [3.63, 3.8) is 0 Å². The van der Waals surface area contributed by atoms with Gasteiger partial charge in [0.1, 0.15) is 0 Å². The highest BCUT2D eigenvalue weighted by molar-refractivity contribution is 5.99. The fourth-order valence-corrected chi connectivity index (χ4v) is 2.84. The summed E-state index contributed by atoms with van der Waals surface area (Å²) in [5.74, 6) is 0.250. The van der Waals surface area contributed by atoms with E-state index in [1.165, 1.54) is 19.3 Å². The first-order valence-electron chi connectivity index (χ1n) is 7.33. The van der Waals surface area contributed by atoms with Crippen molar-refractivity contribution in [1.29, 1.82) is 0 Å². The van der Waals surface area contributed by atoms with E-state index in [0.29, 0.717) is 5.41 Å². The summed E-state index contributed by atoms with van der Waals surface area (Å²) in [6.45, 7) is 8.80. The minimum absolute atomic E-state index is 0.00343. The van der Waals surface area contributed by atoms with E-state index in [4.69, 9.17) is 0 Å². The number of rotatable bonds is 3. The van der Waals surface area contributed by atoms with E-state index >= 15 is 0 Å². The van der Waals surface area contributed by atoms with E-state index in [1.807, 2.05) is 37.3 Å². The summed E-state index contributed by atoms with van der Waals surface area (Å²) in [6, 6.07) is 9.66. The van der Waals surface area contributed by atoms with Gasteiger partial charge >= 0.3 is 0 Å². The van der Waals surface area contributed by atoms with Crippen molar-refractivity contribution >= 4 is 5.78 Å². The molecule has 19 heavy (non-hydrogen) atoms. The number of hydrogen-bond donors (Lipinski definition) is 0. The summed E-state index contributed by atoms with van der Waals surface area (Å²) >= 11 is 0. The first kappa shape index (κ1) is 14.3. The van der Waals surface area contributed by atoms with E-state index in [2.05, 4.69) is 18.7 Å². The van der Waals surface area contributed by atoms with Gasteiger partial charge in [0.2, 0.25) is 0 Å². The first-order valence-corrected chi connectivity index (χ1v) is 7.33. The van der Waals surface area contributed by atoms with E-state index in [-0.39, 0.29) is 11.8 Å². The minimum Gasteiger partial charge on any atom is -0.293 e. The van der Waals surface area contributed by atoms with Gasteiger partial charge in [-0.05, 0) is 44.7 Å². The van der Waals surface area contributed by atoms with Gasteiger partial charge in [-0.1, -0.05) is 44.2 Å². The molecule has 1 heterocycles. The fraction of sp³-hybridized carbons (Fsp3) is 0.588. The monoisotopic (exact) mass is 259 g/mol. The fourth-order valence-electron chi connectivity index (χ4n) is 2.84. The molecule has 1 atom stereocenters. The second kappa shape index (κ2) is 5.87. The number of carbonyl (C=O) groups is 1. The highest BCUT2D eigenvalue weighted by Crippen LogP contribution is 2.30. The molecular weight excluding hydrogens is 234 g/mol. The summed E-state index contributed by atoms with van der Waals surface area (Å²) < 4.78 is 0. The van der Waals surface area contributed by atoms with Gasteiger partial charge in [-0.3, -0.25) is 9.69 Å². The van der Waals surface area contributed by atoms with Crippen LogP contribution >= 0.6 is 0 Å². The Morgan fingerprint density at radius 2 is 1.84 bits per heavy atom. The summed E-state index contributed by atoms with van der Waals surface area (Å²) in [7, 11) is 0. The molecular formula is C17H25NO. The molecule has 0 aromatic heterocycles. The molecule has 2 heteroatoms. The summed E-state index contributed by atoms with van der Waals surface area (Å²) in [5.41, 5.74) is 1.25. The molecule has 2 nitrogen and oxygen atoms in total. The van der Waals surface area contributed by atoms with Gasteiger partial charge in [-0.2, -0.15) is 0 Å². The summed E-state index contributed by atoms with van der Waals surface area (Å²) in [4.78, 5) is 14.8. The molecule has 0 saturated carbocycles. The van der Waals surface area contributed by atoms with Gasteiger partial charge in [-0.15, -0.1) is 0 Å². The quantitative estimate of drug-likeness (QED) is 0.770.